The fourth-order valence-electron chi connectivity index (χ4n) is 7.36. The molecule has 3 N–H and O–H groups in total. The second-order valence-corrected chi connectivity index (χ2v) is 26.5. The standard InChI is InChI=1S/C30H56B5N5O15P4S2/c1-6-22-23(7-26(31)52-22)54-59(44,61)48-18-25-24(8-27(32)53-25)55-58(43,60)47-17-21-12-40(14-30(35)51-21)57(42,38(4)5)46-16-20-11-39(13-29(34)50-20)56(41,37(2)3)45-15-19-9-36-10-28(33)49-19/h19-30,36H,6-18H2,1-5H3,(H,43,60)(H,44,61)/t19?,20?,21-,22?,23-,24-,25?,26+,27+,28+,29+,30+,56?,57?,58?,59?/m0/s1. The van der Waals surface area contributed by atoms with Crippen LogP contribution in [0.5, 0.6) is 0 Å². The molecule has 0 amide bonds. The van der Waals surface area contributed by atoms with Crippen LogP contribution in [0.15, 0.2) is 0 Å². The van der Waals surface area contributed by atoms with Crippen molar-refractivity contribution in [3.63, 3.8) is 0 Å². The molecule has 20 nitrogen and oxygen atoms in total. The average molecular weight is 969 g/mol. The van der Waals surface area contributed by atoms with Crippen molar-refractivity contribution in [2.24, 2.45) is 0 Å². The molecule has 5 aliphatic heterocycles. The molecule has 0 aromatic heterocycles. The third kappa shape index (κ3) is 15.2. The molecule has 5 heterocycles. The molecule has 338 valence electrons. The summed E-state index contributed by atoms with van der Waals surface area (Å²) in [4.78, 5) is 21.9. The highest BCUT2D eigenvalue weighted by atomic mass is 32.5. The van der Waals surface area contributed by atoms with E-state index in [0.29, 0.717) is 25.9 Å². The zero-order valence-corrected chi connectivity index (χ0v) is 40.3. The Balaban J connectivity index is 1.14. The van der Waals surface area contributed by atoms with Crippen LogP contribution < -0.4 is 5.32 Å². The number of hydrogen-bond acceptors (Lipinski definition) is 16. The lowest BCUT2D eigenvalue weighted by molar-refractivity contribution is -0.0658. The number of hydrogen-bond donors (Lipinski definition) is 3. The van der Waals surface area contributed by atoms with Gasteiger partial charge in [-0.25, -0.2) is 18.7 Å². The smallest absolute Gasteiger partial charge is 0.345 e. The van der Waals surface area contributed by atoms with Crippen molar-refractivity contribution in [2.75, 3.05) is 93.9 Å². The van der Waals surface area contributed by atoms with Gasteiger partial charge >= 0.3 is 28.8 Å². The molecule has 0 aromatic rings. The van der Waals surface area contributed by atoms with Crippen molar-refractivity contribution in [3.8, 4) is 0 Å². The van der Waals surface area contributed by atoms with Crippen molar-refractivity contribution in [1.82, 2.24) is 24.0 Å². The fraction of sp³-hybridized carbons (Fsp3) is 1.00. The number of nitrogens with one attached hydrogen (secondary N) is 1. The SMILES string of the molecule is [B][C@H]1CNCC(COP(=O)(N(C)C)N2CC(COP(=O)(N(C)C)N3C[C@@H](COP(O)(=S)O[C@H]4C[C@H]([B])OC4COP(O)(=S)O[C@H]4C[C@H]([B])OC4CC)O[C@@H]([B])C3)O[C@@H]([B])C2)O1. The van der Waals surface area contributed by atoms with Crippen molar-refractivity contribution in [2.45, 2.75) is 98.9 Å². The van der Waals surface area contributed by atoms with Crippen LogP contribution >= 0.6 is 28.8 Å². The fourth-order valence-corrected chi connectivity index (χ4v) is 14.4. The third-order valence-corrected chi connectivity index (χ3v) is 18.5. The van der Waals surface area contributed by atoms with Gasteiger partial charge in [0.15, 0.2) is 0 Å². The van der Waals surface area contributed by atoms with Gasteiger partial charge in [-0.1, -0.05) is 6.92 Å². The lowest BCUT2D eigenvalue weighted by Gasteiger charge is -2.44. The summed E-state index contributed by atoms with van der Waals surface area (Å²) < 4.78 is 98.8. The Bertz CT molecular complexity index is 1640. The molecule has 0 aliphatic carbocycles. The van der Waals surface area contributed by atoms with E-state index < -0.39 is 95.4 Å². The van der Waals surface area contributed by atoms with Crippen LogP contribution in [-0.4, -0.2) is 234 Å². The predicted octanol–water partition coefficient (Wildman–Crippen LogP) is -0.553. The van der Waals surface area contributed by atoms with Gasteiger partial charge in [0.1, 0.15) is 45.3 Å². The largest absolute Gasteiger partial charge is 0.382 e. The number of nitrogens with zero attached hydrogens (tertiary/aromatic N) is 4. The minimum Gasteiger partial charge on any atom is -0.382 e. The summed E-state index contributed by atoms with van der Waals surface area (Å²) in [6.07, 6.45) is -3.63. The maximum absolute atomic E-state index is 14.6. The summed E-state index contributed by atoms with van der Waals surface area (Å²) >= 11 is 10.6. The Morgan fingerprint density at radius 3 is 1.51 bits per heavy atom. The second kappa shape index (κ2) is 23.1. The summed E-state index contributed by atoms with van der Waals surface area (Å²) in [5.41, 5.74) is 0. The first-order valence-electron chi connectivity index (χ1n) is 19.9. The molecule has 5 fully saturated rings. The normalized spacial score (nSPS) is 38.5. The Labute approximate surface area is 376 Å². The van der Waals surface area contributed by atoms with E-state index in [1.54, 1.807) is 32.9 Å². The highest BCUT2D eigenvalue weighted by Crippen LogP contribution is 2.56. The van der Waals surface area contributed by atoms with Gasteiger partial charge in [0.05, 0.1) is 63.1 Å². The van der Waals surface area contributed by atoms with Crippen LogP contribution in [0.2, 0.25) is 0 Å². The van der Waals surface area contributed by atoms with E-state index in [1.165, 1.54) is 14.0 Å². The first kappa shape index (κ1) is 53.3. The van der Waals surface area contributed by atoms with E-state index in [-0.39, 0.29) is 65.1 Å². The molecule has 5 rings (SSSR count). The lowest BCUT2D eigenvalue weighted by atomic mass is 9.96. The van der Waals surface area contributed by atoms with Gasteiger partial charge < -0.3 is 65.9 Å². The molecule has 0 aromatic carbocycles. The summed E-state index contributed by atoms with van der Waals surface area (Å²) in [6, 6.07) is -3.65. The zero-order valence-electron chi connectivity index (χ0n) is 35.1. The predicted molar refractivity (Wildman–Crippen MR) is 237 cm³/mol. The van der Waals surface area contributed by atoms with Crippen LogP contribution in [0.1, 0.15) is 26.2 Å². The topological polar surface area (TPSA) is 201 Å². The van der Waals surface area contributed by atoms with Crippen LogP contribution in [0, 0.1) is 0 Å². The number of ether oxygens (including phenoxy) is 5. The van der Waals surface area contributed by atoms with E-state index in [4.69, 9.17) is 114 Å². The van der Waals surface area contributed by atoms with E-state index in [1.807, 2.05) is 6.92 Å². The molecule has 10 radical (unpaired) electrons. The summed E-state index contributed by atoms with van der Waals surface area (Å²) in [6.45, 7) is -5.48. The average Bonchev–Trinajstić information content (AvgIpc) is 3.71. The molecular weight excluding hydrogens is 912 g/mol. The van der Waals surface area contributed by atoms with Gasteiger partial charge in [-0.05, 0) is 71.1 Å². The minimum atomic E-state index is -3.99. The first-order valence-corrected chi connectivity index (χ1v) is 28.2. The van der Waals surface area contributed by atoms with Gasteiger partial charge in [0.2, 0.25) is 0 Å². The van der Waals surface area contributed by atoms with Gasteiger partial charge in [0.25, 0.3) is 0 Å². The summed E-state index contributed by atoms with van der Waals surface area (Å²) in [5, 5.41) is 3.15. The molecule has 0 bridgehead atoms. The van der Waals surface area contributed by atoms with Gasteiger partial charge in [-0.2, -0.15) is 0 Å². The van der Waals surface area contributed by atoms with Gasteiger partial charge in [0, 0.05) is 69.3 Å². The lowest BCUT2D eigenvalue weighted by Crippen LogP contribution is -2.51. The highest BCUT2D eigenvalue weighted by Gasteiger charge is 2.46. The maximum atomic E-state index is 14.6. The molecule has 8 unspecified atom stereocenters. The van der Waals surface area contributed by atoms with E-state index in [9.17, 15) is 18.9 Å². The molecule has 0 saturated carbocycles. The molecule has 5 aliphatic rings. The van der Waals surface area contributed by atoms with Crippen molar-refractivity contribution >= 4 is 91.6 Å². The van der Waals surface area contributed by atoms with Gasteiger partial charge in [-0.3, -0.25) is 9.13 Å². The molecule has 61 heavy (non-hydrogen) atoms. The third-order valence-electron chi connectivity index (χ3n) is 10.2. The zero-order chi connectivity index (χ0) is 44.9. The van der Waals surface area contributed by atoms with E-state index in [2.05, 4.69) is 5.32 Å². The molecular formula is C30H56B5N5O15P4S2. The molecule has 0 spiro atoms. The highest BCUT2D eigenvalue weighted by molar-refractivity contribution is 8.07. The van der Waals surface area contributed by atoms with Crippen molar-refractivity contribution in [1.29, 1.82) is 0 Å². The first-order chi connectivity index (χ1) is 28.5. The quantitative estimate of drug-likeness (QED) is 0.0977. The number of rotatable bonds is 21. The molecule has 5 saturated heterocycles. The Morgan fingerprint density at radius 1 is 0.607 bits per heavy atom. The molecule has 16 atom stereocenters. The Kier molecular flexibility index (Phi) is 20.2. The van der Waals surface area contributed by atoms with Crippen LogP contribution in [0.3, 0.4) is 0 Å². The van der Waals surface area contributed by atoms with E-state index in [0.717, 1.165) is 0 Å². The van der Waals surface area contributed by atoms with Crippen molar-refractivity contribution < 1.29 is 69.7 Å². The van der Waals surface area contributed by atoms with Crippen LogP contribution in [-0.2, 0) is 83.6 Å². The maximum Gasteiger partial charge on any atom is 0.345 e. The Morgan fingerprint density at radius 2 is 1.03 bits per heavy atom. The number of morpholine rings is 3. The monoisotopic (exact) mass is 969 g/mol. The minimum absolute atomic E-state index is 0.00804. The summed E-state index contributed by atoms with van der Waals surface area (Å²) in [7, 11) is 29.3. The van der Waals surface area contributed by atoms with Gasteiger partial charge in [-0.15, -0.1) is 0 Å². The van der Waals surface area contributed by atoms with E-state index >= 15 is 0 Å². The summed E-state index contributed by atoms with van der Waals surface area (Å²) in [5.74, 6) is 0. The van der Waals surface area contributed by atoms with Crippen LogP contribution in [0.4, 0.5) is 0 Å². The second-order valence-electron chi connectivity index (χ2n) is 15.7. The van der Waals surface area contributed by atoms with Crippen LogP contribution in [0.25, 0.3) is 0 Å². The van der Waals surface area contributed by atoms with Crippen molar-refractivity contribution in [3.05, 3.63) is 0 Å². The molecule has 31 heteroatoms. The Hall–Kier alpha value is 1.36.